The van der Waals surface area contributed by atoms with Gasteiger partial charge in [0, 0.05) is 18.6 Å². The van der Waals surface area contributed by atoms with Crippen molar-refractivity contribution >= 4 is 69.8 Å². The third-order valence-electron chi connectivity index (χ3n) is 1.35. The summed E-state index contributed by atoms with van der Waals surface area (Å²) in [5, 5.41) is 25.1. The van der Waals surface area contributed by atoms with E-state index in [1.807, 2.05) is 0 Å². The number of benzene rings is 1. The van der Waals surface area contributed by atoms with E-state index >= 15 is 0 Å². The molecule has 0 atom stereocenters. The zero-order valence-electron chi connectivity index (χ0n) is 10.7. The van der Waals surface area contributed by atoms with Crippen LogP contribution in [-0.2, 0) is 9.59 Å². The maximum atomic E-state index is 9.60. The van der Waals surface area contributed by atoms with Crippen LogP contribution in [0.3, 0.4) is 0 Å². The molecule has 1 aromatic rings. The highest BCUT2D eigenvalue weighted by atomic mass is 35.5. The number of carboxylic acids is 2. The Hall–Kier alpha value is -0.664. The number of aromatic hydroxyl groups is 1. The smallest absolute Gasteiger partial charge is 0.330 e. The summed E-state index contributed by atoms with van der Waals surface area (Å²) in [6.45, 7) is 5.69. The Morgan fingerprint density at radius 1 is 1.00 bits per heavy atom. The van der Waals surface area contributed by atoms with Crippen molar-refractivity contribution in [2.24, 2.45) is 0 Å². The van der Waals surface area contributed by atoms with Gasteiger partial charge < -0.3 is 15.3 Å². The van der Waals surface area contributed by atoms with Crippen molar-refractivity contribution < 1.29 is 24.9 Å². The number of hydrogen-bond acceptors (Lipinski definition) is 3. The predicted octanol–water partition coefficient (Wildman–Crippen LogP) is 3.17. The third-order valence-corrected chi connectivity index (χ3v) is 2.38. The van der Waals surface area contributed by atoms with E-state index in [9.17, 15) is 4.79 Å². The van der Waals surface area contributed by atoms with Crippen LogP contribution in [0.25, 0.3) is 0 Å². The van der Waals surface area contributed by atoms with Gasteiger partial charge in [-0.2, -0.15) is 0 Å². The molecule has 0 saturated carbocycles. The molecule has 0 aliphatic heterocycles. The van der Waals surface area contributed by atoms with Crippen LogP contribution in [0.5, 0.6) is 5.75 Å². The predicted molar refractivity (Wildman–Crippen MR) is 87.4 cm³/mol. The quantitative estimate of drug-likeness (QED) is 0.401. The maximum absolute atomic E-state index is 9.60. The second kappa shape index (κ2) is 13.0. The van der Waals surface area contributed by atoms with Crippen molar-refractivity contribution in [3.05, 3.63) is 39.4 Å². The second-order valence-electron chi connectivity index (χ2n) is 3.32. The zero-order chi connectivity index (χ0) is 16.5. The minimum absolute atomic E-state index is 0. The van der Waals surface area contributed by atoms with Gasteiger partial charge in [-0.1, -0.05) is 41.4 Å². The molecule has 0 aliphatic rings. The molecule has 0 spiro atoms. The van der Waals surface area contributed by atoms with Gasteiger partial charge in [0.25, 0.3) is 5.97 Å². The molecule has 0 saturated heterocycles. The van der Waals surface area contributed by atoms with Gasteiger partial charge >= 0.3 is 29.0 Å². The van der Waals surface area contributed by atoms with Crippen LogP contribution in [0.2, 0.25) is 15.1 Å². The lowest BCUT2D eigenvalue weighted by atomic mass is 10.3. The van der Waals surface area contributed by atoms with Crippen LogP contribution in [0.4, 0.5) is 0 Å². The molecule has 1 rings (SSSR count). The van der Waals surface area contributed by atoms with E-state index in [-0.39, 0.29) is 39.4 Å². The van der Waals surface area contributed by atoms with Gasteiger partial charge in [-0.25, -0.2) is 4.79 Å². The van der Waals surface area contributed by atoms with Crippen LogP contribution in [0.1, 0.15) is 13.8 Å². The number of hydrogen-bond donors (Lipinski definition) is 3. The summed E-state index contributed by atoms with van der Waals surface area (Å²) in [5.74, 6) is -1.83. The molecule has 0 heterocycles. The molecular weight excluding hydrogens is 355 g/mol. The molecule has 0 radical (unpaired) electrons. The van der Waals surface area contributed by atoms with Crippen molar-refractivity contribution in [2.45, 2.75) is 13.8 Å². The van der Waals surface area contributed by atoms with Crippen LogP contribution in [0.15, 0.2) is 24.3 Å². The Morgan fingerprint density at radius 2 is 1.29 bits per heavy atom. The molecule has 3 N–H and O–H groups in total. The minimum atomic E-state index is -0.935. The average molecular weight is 370 g/mol. The molecule has 9 heteroatoms. The van der Waals surface area contributed by atoms with Crippen LogP contribution in [-0.4, -0.2) is 50.3 Å². The molecule has 21 heavy (non-hydrogen) atoms. The Labute approximate surface area is 153 Å². The monoisotopic (exact) mass is 368 g/mol. The van der Waals surface area contributed by atoms with E-state index < -0.39 is 11.9 Å². The maximum Gasteiger partial charge on any atom is 0.330 e. The van der Waals surface area contributed by atoms with Gasteiger partial charge in [0.1, 0.15) is 5.75 Å². The molecule has 0 amide bonds. The SMILES string of the molecule is C=C(C)C(=O)O.CC(=O)O.Oc1cc(Cl)c(Cl)cc1Cl.[MgH2]. The van der Waals surface area contributed by atoms with E-state index in [0.29, 0.717) is 10.0 Å². The van der Waals surface area contributed by atoms with Gasteiger partial charge in [0.15, 0.2) is 0 Å². The molecule has 0 aromatic heterocycles. The zero-order valence-corrected chi connectivity index (χ0v) is 12.9. The molecule has 116 valence electrons. The van der Waals surface area contributed by atoms with Crippen molar-refractivity contribution in [1.82, 2.24) is 0 Å². The number of aliphatic carboxylic acids is 2. The number of carbonyl (C=O) groups is 2. The Balaban J connectivity index is -0.000000255. The van der Waals surface area contributed by atoms with E-state index in [1.165, 1.54) is 19.1 Å². The molecule has 0 fully saturated rings. The molecule has 0 aliphatic carbocycles. The highest BCUT2D eigenvalue weighted by Gasteiger charge is 2.02. The van der Waals surface area contributed by atoms with E-state index in [1.54, 1.807) is 0 Å². The first-order chi connectivity index (χ1) is 8.98. The Morgan fingerprint density at radius 3 is 1.52 bits per heavy atom. The summed E-state index contributed by atoms with van der Waals surface area (Å²) in [6.07, 6.45) is 0. The first kappa shape index (κ1) is 25.3. The number of phenolic OH excluding ortho intramolecular Hbond substituents is 1. The first-order valence-electron chi connectivity index (χ1n) is 4.90. The van der Waals surface area contributed by atoms with Gasteiger partial charge in [-0.05, 0) is 13.0 Å². The van der Waals surface area contributed by atoms with Crippen molar-refractivity contribution in [3.63, 3.8) is 0 Å². The number of rotatable bonds is 1. The third kappa shape index (κ3) is 15.5. The topological polar surface area (TPSA) is 94.8 Å². The standard InChI is InChI=1S/C6H3Cl3O.C4H6O2.C2H4O2.Mg.2H/c7-3-1-5(9)6(10)2-4(3)8;1-3(2)4(5)6;1-2(3)4;;;/h1-2,10H;1H2,2H3,(H,5,6);1H3,(H,3,4);;;. The second-order valence-corrected chi connectivity index (χ2v) is 4.54. The molecule has 0 unspecified atom stereocenters. The number of phenols is 1. The molecule has 0 bridgehead atoms. The van der Waals surface area contributed by atoms with E-state index in [4.69, 9.17) is 54.9 Å². The summed E-state index contributed by atoms with van der Waals surface area (Å²) in [5.41, 5.74) is 0.176. The lowest BCUT2D eigenvalue weighted by molar-refractivity contribution is -0.134. The lowest BCUT2D eigenvalue weighted by Gasteiger charge is -1.97. The number of halogens is 3. The van der Waals surface area contributed by atoms with Crippen LogP contribution < -0.4 is 0 Å². The minimum Gasteiger partial charge on any atom is -0.506 e. The first-order valence-corrected chi connectivity index (χ1v) is 6.04. The van der Waals surface area contributed by atoms with Crippen LogP contribution in [0, 0.1) is 0 Å². The summed E-state index contributed by atoms with van der Waals surface area (Å²) in [7, 11) is 0. The highest BCUT2D eigenvalue weighted by Crippen LogP contribution is 2.32. The molecule has 1 aromatic carbocycles. The van der Waals surface area contributed by atoms with Gasteiger partial charge in [-0.15, -0.1) is 0 Å². The van der Waals surface area contributed by atoms with Gasteiger partial charge in [-0.3, -0.25) is 4.79 Å². The fourth-order valence-electron chi connectivity index (χ4n) is 0.512. The van der Waals surface area contributed by atoms with Gasteiger partial charge in [0.05, 0.1) is 15.1 Å². The van der Waals surface area contributed by atoms with Crippen LogP contribution >= 0.6 is 34.8 Å². The summed E-state index contributed by atoms with van der Waals surface area (Å²) < 4.78 is 0. The van der Waals surface area contributed by atoms with Crippen molar-refractivity contribution in [2.75, 3.05) is 0 Å². The molecular formula is C12H15Cl3MgO5. The fraction of sp³-hybridized carbons (Fsp3) is 0.167. The van der Waals surface area contributed by atoms with Gasteiger partial charge in [0.2, 0.25) is 0 Å². The average Bonchev–Trinajstić information content (AvgIpc) is 2.26. The van der Waals surface area contributed by atoms with E-state index in [0.717, 1.165) is 6.92 Å². The summed E-state index contributed by atoms with van der Waals surface area (Å²) >= 11 is 16.6. The summed E-state index contributed by atoms with van der Waals surface area (Å²) in [4.78, 5) is 18.6. The van der Waals surface area contributed by atoms with Crippen molar-refractivity contribution in [1.29, 1.82) is 0 Å². The Bertz CT molecular complexity index is 440. The fourth-order valence-corrected chi connectivity index (χ4v) is 1.05. The Kier molecular flexibility index (Phi) is 15.7. The normalized spacial score (nSPS) is 8.05. The van der Waals surface area contributed by atoms with E-state index in [2.05, 4.69) is 6.58 Å². The summed E-state index contributed by atoms with van der Waals surface area (Å²) in [6, 6.07) is 2.69. The lowest BCUT2D eigenvalue weighted by Crippen LogP contribution is -1.92. The number of carboxylic acid groups (broad SMARTS) is 2. The van der Waals surface area contributed by atoms with Crippen molar-refractivity contribution in [3.8, 4) is 5.75 Å². The highest BCUT2D eigenvalue weighted by molar-refractivity contribution is 6.43. The largest absolute Gasteiger partial charge is 0.506 e. The molecule has 5 nitrogen and oxygen atoms in total.